The van der Waals surface area contributed by atoms with E-state index in [0.717, 1.165) is 5.69 Å². The molecule has 0 saturated carbocycles. The van der Waals surface area contributed by atoms with Gasteiger partial charge in [-0.05, 0) is 18.2 Å². The van der Waals surface area contributed by atoms with Crippen molar-refractivity contribution >= 4 is 0 Å². The van der Waals surface area contributed by atoms with Crippen LogP contribution in [0.15, 0.2) is 36.7 Å². The average Bonchev–Trinajstić information content (AvgIpc) is 2.81. The first-order valence-electron chi connectivity index (χ1n) is 4.58. The average molecular weight is 204 g/mol. The molecule has 0 saturated heterocycles. The van der Waals surface area contributed by atoms with Crippen molar-refractivity contribution in [2.24, 2.45) is 0 Å². The summed E-state index contributed by atoms with van der Waals surface area (Å²) in [5.74, 6) is 1.38. The standard InChI is InChI=1S/C11H12N2O2/c1-14-10-6-3-5-9(11(10)15-2)13-8-4-7-12-13/h3-8H,1-2H3. The number of nitrogens with zero attached hydrogens (tertiary/aromatic N) is 2. The number of para-hydroxylation sites is 1. The molecule has 0 N–H and O–H groups in total. The van der Waals surface area contributed by atoms with E-state index in [2.05, 4.69) is 5.10 Å². The van der Waals surface area contributed by atoms with Crippen LogP contribution in [-0.4, -0.2) is 24.0 Å². The summed E-state index contributed by atoms with van der Waals surface area (Å²) in [5, 5.41) is 4.15. The summed E-state index contributed by atoms with van der Waals surface area (Å²) >= 11 is 0. The van der Waals surface area contributed by atoms with Crippen LogP contribution < -0.4 is 9.47 Å². The lowest BCUT2D eigenvalue weighted by Gasteiger charge is -2.11. The summed E-state index contributed by atoms with van der Waals surface area (Å²) in [6.07, 6.45) is 3.58. The molecule has 4 heteroatoms. The predicted octanol–water partition coefficient (Wildman–Crippen LogP) is 1.89. The third kappa shape index (κ3) is 1.66. The number of hydrogen-bond acceptors (Lipinski definition) is 3. The highest BCUT2D eigenvalue weighted by Crippen LogP contribution is 2.32. The van der Waals surface area contributed by atoms with Crippen LogP contribution in [0.5, 0.6) is 11.5 Å². The van der Waals surface area contributed by atoms with E-state index in [0.29, 0.717) is 11.5 Å². The molecule has 0 fully saturated rings. The van der Waals surface area contributed by atoms with Crippen LogP contribution in [-0.2, 0) is 0 Å². The maximum Gasteiger partial charge on any atom is 0.186 e. The zero-order valence-corrected chi connectivity index (χ0v) is 8.68. The maximum atomic E-state index is 5.31. The molecule has 0 unspecified atom stereocenters. The first-order chi connectivity index (χ1) is 7.36. The number of hydrogen-bond donors (Lipinski definition) is 0. The van der Waals surface area contributed by atoms with Crippen molar-refractivity contribution in [2.75, 3.05) is 14.2 Å². The Morgan fingerprint density at radius 1 is 1.13 bits per heavy atom. The molecule has 1 heterocycles. The van der Waals surface area contributed by atoms with Crippen LogP contribution >= 0.6 is 0 Å². The van der Waals surface area contributed by atoms with E-state index in [4.69, 9.17) is 9.47 Å². The second-order valence-electron chi connectivity index (χ2n) is 2.96. The molecule has 0 radical (unpaired) electrons. The van der Waals surface area contributed by atoms with E-state index in [-0.39, 0.29) is 0 Å². The first-order valence-corrected chi connectivity index (χ1v) is 4.58. The largest absolute Gasteiger partial charge is 0.493 e. The minimum absolute atomic E-state index is 0.684. The van der Waals surface area contributed by atoms with E-state index in [1.165, 1.54) is 0 Å². The zero-order valence-electron chi connectivity index (χ0n) is 8.68. The molecule has 1 aromatic heterocycles. The van der Waals surface area contributed by atoms with Gasteiger partial charge in [0, 0.05) is 12.4 Å². The Hall–Kier alpha value is -1.97. The van der Waals surface area contributed by atoms with E-state index in [1.807, 2.05) is 30.5 Å². The van der Waals surface area contributed by atoms with Gasteiger partial charge in [-0.3, -0.25) is 0 Å². The van der Waals surface area contributed by atoms with Crippen LogP contribution in [0, 0.1) is 0 Å². The van der Waals surface area contributed by atoms with Gasteiger partial charge in [0.15, 0.2) is 11.5 Å². The smallest absolute Gasteiger partial charge is 0.186 e. The van der Waals surface area contributed by atoms with Crippen LogP contribution in [0.2, 0.25) is 0 Å². The Morgan fingerprint density at radius 2 is 2.00 bits per heavy atom. The highest BCUT2D eigenvalue weighted by molar-refractivity contribution is 5.55. The van der Waals surface area contributed by atoms with Crippen molar-refractivity contribution in [1.82, 2.24) is 9.78 Å². The van der Waals surface area contributed by atoms with Gasteiger partial charge in [-0.15, -0.1) is 0 Å². The van der Waals surface area contributed by atoms with E-state index in [9.17, 15) is 0 Å². The quantitative estimate of drug-likeness (QED) is 0.766. The van der Waals surface area contributed by atoms with Gasteiger partial charge in [0.1, 0.15) is 5.69 Å². The lowest BCUT2D eigenvalue weighted by atomic mass is 10.2. The SMILES string of the molecule is COc1cccc(-n2cccn2)c1OC. The fraction of sp³-hybridized carbons (Fsp3) is 0.182. The third-order valence-electron chi connectivity index (χ3n) is 2.13. The van der Waals surface area contributed by atoms with Gasteiger partial charge in [0.05, 0.1) is 14.2 Å². The summed E-state index contributed by atoms with van der Waals surface area (Å²) in [6.45, 7) is 0. The number of methoxy groups -OCH3 is 2. The van der Waals surface area contributed by atoms with Crippen molar-refractivity contribution in [3.8, 4) is 17.2 Å². The van der Waals surface area contributed by atoms with Crippen molar-refractivity contribution in [1.29, 1.82) is 0 Å². The van der Waals surface area contributed by atoms with Crippen LogP contribution in [0.25, 0.3) is 5.69 Å². The molecule has 1 aromatic carbocycles. The van der Waals surface area contributed by atoms with Gasteiger partial charge in [0.2, 0.25) is 0 Å². The summed E-state index contributed by atoms with van der Waals surface area (Å²) in [5.41, 5.74) is 0.863. The molecule has 0 spiro atoms. The Balaban J connectivity index is 2.56. The third-order valence-corrected chi connectivity index (χ3v) is 2.13. The second kappa shape index (κ2) is 4.04. The molecule has 4 nitrogen and oxygen atoms in total. The second-order valence-corrected chi connectivity index (χ2v) is 2.96. The zero-order chi connectivity index (χ0) is 10.7. The Labute approximate surface area is 88.1 Å². The van der Waals surface area contributed by atoms with Gasteiger partial charge in [0.25, 0.3) is 0 Å². The van der Waals surface area contributed by atoms with Crippen LogP contribution in [0.1, 0.15) is 0 Å². The topological polar surface area (TPSA) is 36.3 Å². The number of rotatable bonds is 3. The van der Waals surface area contributed by atoms with Gasteiger partial charge in [-0.1, -0.05) is 6.07 Å². The van der Waals surface area contributed by atoms with Crippen molar-refractivity contribution in [3.05, 3.63) is 36.7 Å². The molecule has 78 valence electrons. The number of aromatic nitrogens is 2. The lowest BCUT2D eigenvalue weighted by Crippen LogP contribution is -2.00. The molecular formula is C11H12N2O2. The molecular weight excluding hydrogens is 192 g/mol. The fourth-order valence-electron chi connectivity index (χ4n) is 1.46. The molecule has 0 amide bonds. The lowest BCUT2D eigenvalue weighted by molar-refractivity contribution is 0.353. The molecule has 2 aromatic rings. The van der Waals surface area contributed by atoms with E-state index < -0.39 is 0 Å². The van der Waals surface area contributed by atoms with Crippen LogP contribution in [0.4, 0.5) is 0 Å². The molecule has 0 atom stereocenters. The van der Waals surface area contributed by atoms with Gasteiger partial charge in [-0.25, -0.2) is 4.68 Å². The van der Waals surface area contributed by atoms with Crippen molar-refractivity contribution in [3.63, 3.8) is 0 Å². The fourth-order valence-corrected chi connectivity index (χ4v) is 1.46. The molecule has 0 aliphatic carbocycles. The number of benzene rings is 1. The normalized spacial score (nSPS) is 10.0. The highest BCUT2D eigenvalue weighted by Gasteiger charge is 2.10. The van der Waals surface area contributed by atoms with Gasteiger partial charge < -0.3 is 9.47 Å². The number of ether oxygens (including phenoxy) is 2. The summed E-state index contributed by atoms with van der Waals surface area (Å²) < 4.78 is 12.3. The molecule has 0 bridgehead atoms. The Morgan fingerprint density at radius 3 is 2.60 bits per heavy atom. The first kappa shape index (κ1) is 9.58. The molecule has 2 rings (SSSR count). The molecule has 0 aliphatic rings. The maximum absolute atomic E-state index is 5.31. The predicted molar refractivity (Wildman–Crippen MR) is 56.7 cm³/mol. The molecule has 0 aliphatic heterocycles. The van der Waals surface area contributed by atoms with Gasteiger partial charge in [-0.2, -0.15) is 5.10 Å². The Kier molecular flexibility index (Phi) is 2.58. The monoisotopic (exact) mass is 204 g/mol. The Bertz CT molecular complexity index is 438. The van der Waals surface area contributed by atoms with E-state index in [1.54, 1.807) is 25.1 Å². The molecule has 15 heavy (non-hydrogen) atoms. The van der Waals surface area contributed by atoms with Crippen molar-refractivity contribution in [2.45, 2.75) is 0 Å². The van der Waals surface area contributed by atoms with Crippen LogP contribution in [0.3, 0.4) is 0 Å². The van der Waals surface area contributed by atoms with E-state index >= 15 is 0 Å². The minimum Gasteiger partial charge on any atom is -0.493 e. The highest BCUT2D eigenvalue weighted by atomic mass is 16.5. The van der Waals surface area contributed by atoms with Gasteiger partial charge >= 0.3 is 0 Å². The summed E-state index contributed by atoms with van der Waals surface area (Å²) in [7, 11) is 3.23. The van der Waals surface area contributed by atoms with Crippen molar-refractivity contribution < 1.29 is 9.47 Å². The minimum atomic E-state index is 0.684. The summed E-state index contributed by atoms with van der Waals surface area (Å²) in [4.78, 5) is 0. The summed E-state index contributed by atoms with van der Waals surface area (Å²) in [6, 6.07) is 7.54.